The van der Waals surface area contributed by atoms with Crippen LogP contribution in [-0.2, 0) is 4.79 Å². The summed E-state index contributed by atoms with van der Waals surface area (Å²) in [6.07, 6.45) is 1.96. The summed E-state index contributed by atoms with van der Waals surface area (Å²) in [6.45, 7) is 0.371. The van der Waals surface area contributed by atoms with Gasteiger partial charge in [-0.2, -0.15) is 0 Å². The highest BCUT2D eigenvalue weighted by Crippen LogP contribution is 2.13. The van der Waals surface area contributed by atoms with Crippen molar-refractivity contribution in [3.8, 4) is 0 Å². The second kappa shape index (κ2) is 6.20. The van der Waals surface area contributed by atoms with Crippen molar-refractivity contribution in [2.45, 2.75) is 12.8 Å². The number of aromatic nitrogens is 1. The summed E-state index contributed by atoms with van der Waals surface area (Å²) in [5.74, 6) is -1.13. The minimum atomic E-state index is -0.870. The summed E-state index contributed by atoms with van der Waals surface area (Å²) in [6, 6.07) is 3.22. The third-order valence-electron chi connectivity index (χ3n) is 2.22. The van der Waals surface area contributed by atoms with Gasteiger partial charge in [-0.1, -0.05) is 11.6 Å². The van der Waals surface area contributed by atoms with Gasteiger partial charge in [-0.15, -0.1) is 0 Å². The van der Waals surface area contributed by atoms with Gasteiger partial charge in [0, 0.05) is 26.2 Å². The van der Waals surface area contributed by atoms with Crippen molar-refractivity contribution in [1.29, 1.82) is 0 Å². The summed E-state index contributed by atoms with van der Waals surface area (Å²) in [5.41, 5.74) is 0.326. The molecule has 0 spiro atoms. The van der Waals surface area contributed by atoms with Gasteiger partial charge in [-0.05, 0) is 18.6 Å². The molecule has 1 N–H and O–H groups in total. The molecule has 1 aromatic rings. The zero-order valence-corrected chi connectivity index (χ0v) is 10.1. The molecule has 0 atom stereocenters. The number of nitrogens with zero attached hydrogens (tertiary/aromatic N) is 2. The highest BCUT2D eigenvalue weighted by Gasteiger charge is 2.15. The van der Waals surface area contributed by atoms with Crippen LogP contribution in [0.1, 0.15) is 23.2 Å². The van der Waals surface area contributed by atoms with Crippen molar-refractivity contribution in [2.75, 3.05) is 13.6 Å². The first-order valence-electron chi connectivity index (χ1n) is 5.10. The lowest BCUT2D eigenvalue weighted by atomic mass is 10.2. The summed E-state index contributed by atoms with van der Waals surface area (Å²) in [4.78, 5) is 27.5. The number of halogens is 1. The monoisotopic (exact) mass is 256 g/mol. The number of amides is 1. The molecule has 0 radical (unpaired) electrons. The molecule has 92 valence electrons. The average Bonchev–Trinajstić information content (AvgIpc) is 2.28. The third-order valence-corrected chi connectivity index (χ3v) is 2.52. The Bertz CT molecular complexity index is 423. The van der Waals surface area contributed by atoms with Gasteiger partial charge in [0.25, 0.3) is 5.91 Å². The molecule has 5 nitrogen and oxygen atoms in total. The molecule has 0 saturated heterocycles. The van der Waals surface area contributed by atoms with Crippen molar-refractivity contribution in [3.05, 3.63) is 29.0 Å². The van der Waals surface area contributed by atoms with E-state index in [-0.39, 0.29) is 17.5 Å². The number of carboxylic acids is 1. The molecule has 1 amide bonds. The number of hydrogen-bond donors (Lipinski definition) is 1. The Labute approximate surface area is 104 Å². The molecule has 0 unspecified atom stereocenters. The molecular formula is C11H13ClN2O3. The predicted octanol–water partition coefficient (Wildman–Crippen LogP) is 1.67. The van der Waals surface area contributed by atoms with Crippen LogP contribution >= 0.6 is 11.6 Å². The van der Waals surface area contributed by atoms with Crippen LogP contribution in [0.4, 0.5) is 0 Å². The maximum Gasteiger partial charge on any atom is 0.303 e. The van der Waals surface area contributed by atoms with Gasteiger partial charge in [0.05, 0.1) is 5.56 Å². The maximum atomic E-state index is 11.9. The van der Waals surface area contributed by atoms with Gasteiger partial charge in [0.15, 0.2) is 0 Å². The lowest BCUT2D eigenvalue weighted by molar-refractivity contribution is -0.137. The summed E-state index contributed by atoms with van der Waals surface area (Å²) in [7, 11) is 1.60. The topological polar surface area (TPSA) is 70.5 Å². The van der Waals surface area contributed by atoms with Gasteiger partial charge in [-0.25, -0.2) is 4.98 Å². The normalized spacial score (nSPS) is 10.0. The second-order valence-electron chi connectivity index (χ2n) is 3.57. The first-order chi connectivity index (χ1) is 8.02. The molecule has 0 saturated carbocycles. The van der Waals surface area contributed by atoms with E-state index in [1.54, 1.807) is 19.2 Å². The largest absolute Gasteiger partial charge is 0.481 e. The number of aliphatic carboxylic acids is 1. The van der Waals surface area contributed by atoms with Crippen molar-refractivity contribution < 1.29 is 14.7 Å². The minimum Gasteiger partial charge on any atom is -0.481 e. The van der Waals surface area contributed by atoms with Crippen LogP contribution in [0.25, 0.3) is 0 Å². The Kier molecular flexibility index (Phi) is 4.90. The molecule has 0 aromatic carbocycles. The Balaban J connectivity index is 2.58. The van der Waals surface area contributed by atoms with E-state index in [4.69, 9.17) is 16.7 Å². The number of rotatable bonds is 5. The Hall–Kier alpha value is -1.62. The fourth-order valence-electron chi connectivity index (χ4n) is 1.32. The van der Waals surface area contributed by atoms with Gasteiger partial charge in [0.1, 0.15) is 5.15 Å². The number of carbonyl (C=O) groups excluding carboxylic acids is 1. The fourth-order valence-corrected chi connectivity index (χ4v) is 1.52. The molecule has 1 rings (SSSR count). The Morgan fingerprint density at radius 1 is 1.53 bits per heavy atom. The number of carboxylic acid groups (broad SMARTS) is 1. The van der Waals surface area contributed by atoms with E-state index in [0.717, 1.165) is 0 Å². The lowest BCUT2D eigenvalue weighted by Gasteiger charge is -2.16. The van der Waals surface area contributed by atoms with E-state index in [1.165, 1.54) is 11.1 Å². The molecule has 0 bridgehead atoms. The van der Waals surface area contributed by atoms with Crippen LogP contribution < -0.4 is 0 Å². The Morgan fingerprint density at radius 2 is 2.24 bits per heavy atom. The molecule has 17 heavy (non-hydrogen) atoms. The highest BCUT2D eigenvalue weighted by atomic mass is 35.5. The summed E-state index contributed by atoms with van der Waals surface area (Å²) >= 11 is 5.79. The van der Waals surface area contributed by atoms with Crippen LogP contribution in [-0.4, -0.2) is 40.5 Å². The maximum absolute atomic E-state index is 11.9. The first kappa shape index (κ1) is 13.4. The second-order valence-corrected chi connectivity index (χ2v) is 3.92. The van der Waals surface area contributed by atoms with E-state index in [0.29, 0.717) is 18.5 Å². The molecule has 0 aliphatic rings. The quantitative estimate of drug-likeness (QED) is 0.814. The first-order valence-corrected chi connectivity index (χ1v) is 5.48. The predicted molar refractivity (Wildman–Crippen MR) is 63.1 cm³/mol. The minimum absolute atomic E-state index is 0.0401. The zero-order valence-electron chi connectivity index (χ0n) is 9.39. The molecule has 1 heterocycles. The van der Waals surface area contributed by atoms with Crippen molar-refractivity contribution >= 4 is 23.5 Å². The van der Waals surface area contributed by atoms with E-state index >= 15 is 0 Å². The van der Waals surface area contributed by atoms with Crippen LogP contribution in [0.15, 0.2) is 18.3 Å². The number of hydrogen-bond acceptors (Lipinski definition) is 3. The number of pyridine rings is 1. The molecular weight excluding hydrogens is 244 g/mol. The van der Waals surface area contributed by atoms with E-state index in [9.17, 15) is 9.59 Å². The van der Waals surface area contributed by atoms with Gasteiger partial charge < -0.3 is 10.0 Å². The van der Waals surface area contributed by atoms with Gasteiger partial charge in [-0.3, -0.25) is 9.59 Å². The third kappa shape index (κ3) is 4.03. The molecule has 1 aromatic heterocycles. The average molecular weight is 257 g/mol. The van der Waals surface area contributed by atoms with E-state index < -0.39 is 5.97 Å². The molecule has 0 aliphatic heterocycles. The van der Waals surface area contributed by atoms with E-state index in [1.807, 2.05) is 0 Å². The van der Waals surface area contributed by atoms with Crippen LogP contribution in [0.3, 0.4) is 0 Å². The standard InChI is InChI=1S/C11H13ClN2O3/c1-14(7-3-5-9(15)16)11(17)8-4-2-6-13-10(8)12/h2,4,6H,3,5,7H2,1H3,(H,15,16). The highest BCUT2D eigenvalue weighted by molar-refractivity contribution is 6.32. The lowest BCUT2D eigenvalue weighted by Crippen LogP contribution is -2.28. The van der Waals surface area contributed by atoms with Crippen molar-refractivity contribution in [3.63, 3.8) is 0 Å². The van der Waals surface area contributed by atoms with Gasteiger partial charge >= 0.3 is 5.97 Å². The molecule has 0 fully saturated rings. The SMILES string of the molecule is CN(CCCC(=O)O)C(=O)c1cccnc1Cl. The summed E-state index contributed by atoms with van der Waals surface area (Å²) < 4.78 is 0. The van der Waals surface area contributed by atoms with Crippen LogP contribution in [0, 0.1) is 0 Å². The molecule has 0 aliphatic carbocycles. The van der Waals surface area contributed by atoms with Crippen LogP contribution in [0.2, 0.25) is 5.15 Å². The zero-order chi connectivity index (χ0) is 12.8. The van der Waals surface area contributed by atoms with Crippen LogP contribution in [0.5, 0.6) is 0 Å². The van der Waals surface area contributed by atoms with Crippen molar-refractivity contribution in [2.24, 2.45) is 0 Å². The number of carbonyl (C=O) groups is 2. The van der Waals surface area contributed by atoms with Crippen molar-refractivity contribution in [1.82, 2.24) is 9.88 Å². The Morgan fingerprint density at radius 3 is 2.82 bits per heavy atom. The smallest absolute Gasteiger partial charge is 0.303 e. The van der Waals surface area contributed by atoms with Gasteiger partial charge in [0.2, 0.25) is 0 Å². The summed E-state index contributed by atoms with van der Waals surface area (Å²) in [5, 5.41) is 8.65. The molecule has 6 heteroatoms. The fraction of sp³-hybridized carbons (Fsp3) is 0.364. The van der Waals surface area contributed by atoms with E-state index in [2.05, 4.69) is 4.98 Å².